The second-order valence-corrected chi connectivity index (χ2v) is 16.9. The van der Waals surface area contributed by atoms with E-state index in [-0.39, 0.29) is 11.8 Å². The molecule has 208 valence electrons. The molecule has 0 unspecified atom stereocenters. The average Bonchev–Trinajstić information content (AvgIpc) is 3.29. The Labute approximate surface area is 240 Å². The van der Waals surface area contributed by atoms with Crippen LogP contribution in [0.5, 0.6) is 0 Å². The number of rotatable bonds is 11. The Balaban J connectivity index is 1.81. The molecule has 0 aliphatic heterocycles. The number of hydrogen-bond donors (Lipinski definition) is 2. The highest BCUT2D eigenvalue weighted by atomic mass is 32.2. The van der Waals surface area contributed by atoms with E-state index in [4.69, 9.17) is 9.72 Å². The molecule has 2 N–H and O–H groups in total. The van der Waals surface area contributed by atoms with Crippen molar-refractivity contribution in [3.8, 4) is 22.5 Å². The summed E-state index contributed by atoms with van der Waals surface area (Å²) in [6.07, 6.45) is 3.64. The van der Waals surface area contributed by atoms with Gasteiger partial charge in [-0.05, 0) is 42.6 Å². The van der Waals surface area contributed by atoms with Gasteiger partial charge >= 0.3 is 0 Å². The Morgan fingerprint density at radius 2 is 1.73 bits per heavy atom. The number of carbonyl (C=O) groups is 2. The lowest BCUT2D eigenvalue weighted by Crippen LogP contribution is -2.22. The summed E-state index contributed by atoms with van der Waals surface area (Å²) in [5, 5.41) is 6.61. The molecule has 0 saturated heterocycles. The van der Waals surface area contributed by atoms with Gasteiger partial charge in [0, 0.05) is 44.5 Å². The second-order valence-electron chi connectivity index (χ2n) is 10.5. The van der Waals surface area contributed by atoms with Crippen molar-refractivity contribution in [2.75, 3.05) is 23.5 Å². The molecule has 10 heteroatoms. The van der Waals surface area contributed by atoms with Crippen molar-refractivity contribution in [3.63, 3.8) is 0 Å². The van der Waals surface area contributed by atoms with Crippen molar-refractivity contribution >= 4 is 43.2 Å². The van der Waals surface area contributed by atoms with Crippen LogP contribution in [0.25, 0.3) is 22.5 Å². The lowest BCUT2D eigenvalue weighted by Gasteiger charge is -2.17. The number of ether oxygens (including phenoxy) is 1. The van der Waals surface area contributed by atoms with Gasteiger partial charge in [-0.25, -0.2) is 9.97 Å². The molecule has 0 radical (unpaired) electrons. The number of imidazole rings is 1. The first-order chi connectivity index (χ1) is 19.2. The van der Waals surface area contributed by atoms with Gasteiger partial charge in [-0.1, -0.05) is 67.8 Å². The van der Waals surface area contributed by atoms with Crippen LogP contribution >= 0.6 is 11.8 Å². The van der Waals surface area contributed by atoms with Crippen LogP contribution in [0, 0.1) is 0 Å². The van der Waals surface area contributed by atoms with Crippen molar-refractivity contribution in [3.05, 3.63) is 78.5 Å². The van der Waals surface area contributed by atoms with Gasteiger partial charge in [0.15, 0.2) is 5.16 Å². The first-order valence-corrected chi connectivity index (χ1v) is 18.0. The van der Waals surface area contributed by atoms with Gasteiger partial charge in [0.1, 0.15) is 12.5 Å². The van der Waals surface area contributed by atoms with Crippen molar-refractivity contribution < 1.29 is 14.3 Å². The summed E-state index contributed by atoms with van der Waals surface area (Å²) < 4.78 is 8.23. The third-order valence-electron chi connectivity index (χ3n) is 6.14. The summed E-state index contributed by atoms with van der Waals surface area (Å²) in [4.78, 5) is 34.2. The number of aromatic nitrogens is 3. The van der Waals surface area contributed by atoms with Crippen LogP contribution in [0.2, 0.25) is 25.7 Å². The molecule has 8 nitrogen and oxygen atoms in total. The summed E-state index contributed by atoms with van der Waals surface area (Å²) in [6, 6.07) is 21.5. The predicted molar refractivity (Wildman–Crippen MR) is 165 cm³/mol. The normalized spacial score (nSPS) is 11.3. The van der Waals surface area contributed by atoms with Crippen LogP contribution in [0.15, 0.2) is 78.1 Å². The van der Waals surface area contributed by atoms with Crippen molar-refractivity contribution in [1.29, 1.82) is 0 Å². The molecule has 0 aliphatic rings. The van der Waals surface area contributed by atoms with E-state index in [1.165, 1.54) is 18.7 Å². The lowest BCUT2D eigenvalue weighted by atomic mass is 10.0. The van der Waals surface area contributed by atoms with Gasteiger partial charge < -0.3 is 15.4 Å². The highest BCUT2D eigenvalue weighted by molar-refractivity contribution is 7.98. The van der Waals surface area contributed by atoms with E-state index in [2.05, 4.69) is 35.3 Å². The number of nitrogens with one attached hydrogen (secondary N) is 2. The van der Waals surface area contributed by atoms with E-state index >= 15 is 0 Å². The van der Waals surface area contributed by atoms with Crippen molar-refractivity contribution in [1.82, 2.24) is 14.5 Å². The molecule has 0 spiro atoms. The Bertz CT molecular complexity index is 1480. The van der Waals surface area contributed by atoms with Crippen molar-refractivity contribution in [2.24, 2.45) is 0 Å². The molecule has 4 rings (SSSR count). The standard InChI is InChI=1S/C30H35N5O3SSi/c1-21(36)32-26-19-23(15-16-31-26)28-27(34-30(39-2)35(28)20-38-17-18-40(3,4)5)24-13-9-10-14-25(24)33-29(37)22-11-7-6-8-12-22/h6-16,19H,17-18,20H2,1-5H3,(H,33,37)(H,31,32,36). The first-order valence-electron chi connectivity index (χ1n) is 13.1. The third-order valence-corrected chi connectivity index (χ3v) is 8.52. The van der Waals surface area contributed by atoms with Crippen LogP contribution in [0.4, 0.5) is 11.5 Å². The van der Waals surface area contributed by atoms with Crippen LogP contribution in [0.1, 0.15) is 17.3 Å². The van der Waals surface area contributed by atoms with Crippen molar-refractivity contribution in [2.45, 2.75) is 44.5 Å². The topological polar surface area (TPSA) is 98.1 Å². The maximum Gasteiger partial charge on any atom is 0.255 e. The van der Waals surface area contributed by atoms with Gasteiger partial charge in [0.2, 0.25) is 5.91 Å². The van der Waals surface area contributed by atoms with E-state index in [0.717, 1.165) is 28.0 Å². The number of benzene rings is 2. The fraction of sp³-hybridized carbons (Fsp3) is 0.267. The molecule has 4 aromatic rings. The number of amides is 2. The third kappa shape index (κ3) is 7.47. The molecule has 2 aromatic carbocycles. The summed E-state index contributed by atoms with van der Waals surface area (Å²) >= 11 is 1.52. The molecule has 0 atom stereocenters. The fourth-order valence-electron chi connectivity index (χ4n) is 4.13. The minimum Gasteiger partial charge on any atom is -0.361 e. The van der Waals surface area contributed by atoms with Gasteiger partial charge in [0.05, 0.1) is 17.1 Å². The van der Waals surface area contributed by atoms with E-state index in [0.29, 0.717) is 36.1 Å². The molecule has 0 bridgehead atoms. The zero-order valence-corrected chi connectivity index (χ0v) is 25.3. The number of anilines is 2. The Morgan fingerprint density at radius 3 is 2.42 bits per heavy atom. The second kappa shape index (κ2) is 13.1. The molecule has 2 heterocycles. The van der Waals surface area contributed by atoms with Gasteiger partial charge in [0.25, 0.3) is 5.91 Å². The number of carbonyl (C=O) groups excluding carboxylic acids is 2. The molecule has 0 fully saturated rings. The van der Waals surface area contributed by atoms with E-state index in [1.807, 2.05) is 65.4 Å². The fourth-order valence-corrected chi connectivity index (χ4v) is 5.44. The van der Waals surface area contributed by atoms with Gasteiger partial charge in [-0.3, -0.25) is 14.2 Å². The van der Waals surface area contributed by atoms with Crippen LogP contribution < -0.4 is 10.6 Å². The van der Waals surface area contributed by atoms with Crippen LogP contribution in [0.3, 0.4) is 0 Å². The SMILES string of the molecule is CSc1nc(-c2ccccc2NC(=O)c2ccccc2)c(-c2ccnc(NC(C)=O)c2)n1COCC[Si](C)(C)C. The van der Waals surface area contributed by atoms with Gasteiger partial charge in [-0.15, -0.1) is 0 Å². The van der Waals surface area contributed by atoms with Crippen LogP contribution in [-0.2, 0) is 16.3 Å². The number of thioether (sulfide) groups is 1. The summed E-state index contributed by atoms with van der Waals surface area (Å²) in [7, 11) is -1.26. The molecule has 2 aromatic heterocycles. The maximum atomic E-state index is 13.1. The minimum atomic E-state index is -1.26. The highest BCUT2D eigenvalue weighted by Gasteiger charge is 2.23. The Kier molecular flexibility index (Phi) is 9.57. The molecular weight excluding hydrogens is 539 g/mol. The molecule has 40 heavy (non-hydrogen) atoms. The molecule has 0 aliphatic carbocycles. The largest absolute Gasteiger partial charge is 0.361 e. The average molecular weight is 574 g/mol. The van der Waals surface area contributed by atoms with E-state index in [9.17, 15) is 9.59 Å². The molecular formula is C30H35N5O3SSi. The van der Waals surface area contributed by atoms with Crippen LogP contribution in [-0.4, -0.2) is 47.3 Å². The summed E-state index contributed by atoms with van der Waals surface area (Å²) in [5.41, 5.74) is 4.31. The van der Waals surface area contributed by atoms with Gasteiger partial charge in [-0.2, -0.15) is 0 Å². The summed E-state index contributed by atoms with van der Waals surface area (Å²) in [5.74, 6) is 0.0391. The Morgan fingerprint density at radius 1 is 1.00 bits per heavy atom. The summed E-state index contributed by atoms with van der Waals surface area (Å²) in [6.45, 7) is 9.41. The monoisotopic (exact) mass is 573 g/mol. The Hall–Kier alpha value is -3.73. The van der Waals surface area contributed by atoms with E-state index in [1.54, 1.807) is 18.3 Å². The molecule has 0 saturated carbocycles. The quantitative estimate of drug-likeness (QED) is 0.116. The maximum absolute atomic E-state index is 13.1. The zero-order chi connectivity index (χ0) is 28.7. The number of pyridine rings is 1. The number of nitrogens with zero attached hydrogens (tertiary/aromatic N) is 3. The predicted octanol–water partition coefficient (Wildman–Crippen LogP) is 6.86. The number of para-hydroxylation sites is 1. The minimum absolute atomic E-state index is 0.202. The first kappa shape index (κ1) is 29.3. The lowest BCUT2D eigenvalue weighted by molar-refractivity contribution is -0.114. The highest BCUT2D eigenvalue weighted by Crippen LogP contribution is 2.39. The smallest absolute Gasteiger partial charge is 0.255 e. The van der Waals surface area contributed by atoms with E-state index < -0.39 is 8.07 Å². The number of hydrogen-bond acceptors (Lipinski definition) is 6. The zero-order valence-electron chi connectivity index (χ0n) is 23.5. The molecule has 2 amide bonds.